The number of aryl methyl sites for hydroxylation is 1. The number of pyridine rings is 1. The summed E-state index contributed by atoms with van der Waals surface area (Å²) in [6.07, 6.45) is 8.37. The molecule has 1 aromatic carbocycles. The van der Waals surface area contributed by atoms with Crippen molar-refractivity contribution in [3.63, 3.8) is 0 Å². The van der Waals surface area contributed by atoms with E-state index in [9.17, 15) is 4.79 Å². The highest BCUT2D eigenvalue weighted by atomic mass is 16.1. The maximum absolute atomic E-state index is 11.6. The van der Waals surface area contributed by atoms with Gasteiger partial charge in [0.25, 0.3) is 0 Å². The number of hydrogen-bond acceptors (Lipinski definition) is 3. The van der Waals surface area contributed by atoms with Crippen LogP contribution >= 0.6 is 0 Å². The van der Waals surface area contributed by atoms with Crippen molar-refractivity contribution in [3.8, 4) is 0 Å². The van der Waals surface area contributed by atoms with Crippen molar-refractivity contribution in [3.05, 3.63) is 36.8 Å². The lowest BCUT2D eigenvalue weighted by molar-refractivity contribution is -0.121. The summed E-state index contributed by atoms with van der Waals surface area (Å²) in [5.41, 5.74) is 3.09. The number of benzene rings is 1. The Bertz CT molecular complexity index is 824. The maximum Gasteiger partial charge on any atom is 0.219 e. The average Bonchev–Trinajstić information content (AvgIpc) is 3.03. The Balaban J connectivity index is 1.58. The summed E-state index contributed by atoms with van der Waals surface area (Å²) in [6, 6.07) is 8.17. The highest BCUT2D eigenvalue weighted by molar-refractivity contribution is 6.01. The number of imidazole rings is 1. The van der Waals surface area contributed by atoms with Gasteiger partial charge in [-0.1, -0.05) is 31.5 Å². The Morgan fingerprint density at radius 2 is 2.00 bits per heavy atom. The van der Waals surface area contributed by atoms with Gasteiger partial charge in [-0.15, -0.1) is 0 Å². The fourth-order valence-electron chi connectivity index (χ4n) is 2.97. The van der Waals surface area contributed by atoms with Crippen molar-refractivity contribution < 1.29 is 4.79 Å². The van der Waals surface area contributed by atoms with Crippen LogP contribution < -0.4 is 5.32 Å². The maximum atomic E-state index is 11.6. The second kappa shape index (κ2) is 7.90. The van der Waals surface area contributed by atoms with E-state index in [1.54, 1.807) is 0 Å². The van der Waals surface area contributed by atoms with Crippen molar-refractivity contribution >= 4 is 27.8 Å². The molecule has 0 aliphatic rings. The first-order valence-electron chi connectivity index (χ1n) is 8.75. The number of carbonyl (C=O) groups excluding carboxylic acids is 1. The molecule has 0 bridgehead atoms. The van der Waals surface area contributed by atoms with Crippen LogP contribution in [-0.4, -0.2) is 27.0 Å². The molecule has 0 atom stereocenters. The van der Waals surface area contributed by atoms with Gasteiger partial charge in [0.15, 0.2) is 0 Å². The highest BCUT2D eigenvalue weighted by Crippen LogP contribution is 2.23. The number of amides is 1. The molecule has 0 fully saturated rings. The topological polar surface area (TPSA) is 59.8 Å². The molecule has 1 N–H and O–H groups in total. The van der Waals surface area contributed by atoms with Crippen molar-refractivity contribution in [2.75, 3.05) is 6.54 Å². The van der Waals surface area contributed by atoms with E-state index in [2.05, 4.69) is 32.8 Å². The zero-order valence-corrected chi connectivity index (χ0v) is 14.2. The van der Waals surface area contributed by atoms with Crippen LogP contribution in [0.4, 0.5) is 0 Å². The molecule has 0 saturated heterocycles. The third-order valence-electron chi connectivity index (χ3n) is 4.23. The van der Waals surface area contributed by atoms with Crippen LogP contribution in [-0.2, 0) is 11.3 Å². The molecule has 1 amide bonds. The highest BCUT2D eigenvalue weighted by Gasteiger charge is 2.08. The minimum atomic E-state index is 0.169. The first kappa shape index (κ1) is 16.4. The molecular formula is C19H24N4O. The summed E-state index contributed by atoms with van der Waals surface area (Å²) in [7, 11) is 0. The molecule has 5 heteroatoms. The lowest BCUT2D eigenvalue weighted by atomic mass is 10.1. The Hall–Kier alpha value is -2.43. The SMILES string of the molecule is CCCNC(=O)CCCCCn1cnc2cnc3ccccc3c21. The third-order valence-corrected chi connectivity index (χ3v) is 4.23. The Morgan fingerprint density at radius 3 is 2.88 bits per heavy atom. The molecular weight excluding hydrogens is 300 g/mol. The number of aromatic nitrogens is 3. The van der Waals surface area contributed by atoms with Crippen LogP contribution in [0.15, 0.2) is 36.8 Å². The van der Waals surface area contributed by atoms with E-state index in [0.29, 0.717) is 6.42 Å². The molecule has 2 aromatic heterocycles. The Labute approximate surface area is 142 Å². The summed E-state index contributed by atoms with van der Waals surface area (Å²) in [5.74, 6) is 0.169. The normalized spacial score (nSPS) is 11.2. The van der Waals surface area contributed by atoms with Gasteiger partial charge in [0.05, 0.1) is 23.6 Å². The number of nitrogens with one attached hydrogen (secondary N) is 1. The lowest BCUT2D eigenvalue weighted by Crippen LogP contribution is -2.23. The summed E-state index contributed by atoms with van der Waals surface area (Å²) >= 11 is 0. The predicted molar refractivity (Wildman–Crippen MR) is 96.8 cm³/mol. The van der Waals surface area contributed by atoms with E-state index in [4.69, 9.17) is 0 Å². The molecule has 0 unspecified atom stereocenters. The second-order valence-electron chi connectivity index (χ2n) is 6.11. The predicted octanol–water partition coefficient (Wildman–Crippen LogP) is 3.67. The standard InChI is InChI=1S/C19H24N4O/c1-2-11-20-18(24)10-4-3-7-12-23-14-22-17-13-21-16-9-6-5-8-15(16)19(17)23/h5-6,8-9,13-14H,2-4,7,10-12H2,1H3,(H,20,24). The second-order valence-corrected chi connectivity index (χ2v) is 6.11. The van der Waals surface area contributed by atoms with Gasteiger partial charge in [-0.25, -0.2) is 4.98 Å². The van der Waals surface area contributed by atoms with Crippen molar-refractivity contribution in [2.45, 2.75) is 45.6 Å². The zero-order valence-electron chi connectivity index (χ0n) is 14.2. The molecule has 2 heterocycles. The van der Waals surface area contributed by atoms with Crippen LogP contribution in [0.5, 0.6) is 0 Å². The number of carbonyl (C=O) groups is 1. The molecule has 3 aromatic rings. The number of para-hydroxylation sites is 1. The van der Waals surface area contributed by atoms with Gasteiger partial charge < -0.3 is 9.88 Å². The van der Waals surface area contributed by atoms with Gasteiger partial charge in [-0.05, 0) is 25.3 Å². The average molecular weight is 324 g/mol. The molecule has 3 rings (SSSR count). The van der Waals surface area contributed by atoms with Gasteiger partial charge in [0, 0.05) is 24.9 Å². The first-order chi connectivity index (χ1) is 11.8. The molecule has 5 nitrogen and oxygen atoms in total. The summed E-state index contributed by atoms with van der Waals surface area (Å²) in [5, 5.41) is 4.06. The van der Waals surface area contributed by atoms with Crippen LogP contribution in [0, 0.1) is 0 Å². The van der Waals surface area contributed by atoms with Crippen molar-refractivity contribution in [1.82, 2.24) is 19.9 Å². The zero-order chi connectivity index (χ0) is 16.8. The van der Waals surface area contributed by atoms with E-state index in [1.165, 1.54) is 0 Å². The van der Waals surface area contributed by atoms with Gasteiger partial charge in [-0.2, -0.15) is 0 Å². The number of nitrogens with zero attached hydrogens (tertiary/aromatic N) is 3. The number of hydrogen-bond donors (Lipinski definition) is 1. The van der Waals surface area contributed by atoms with E-state index in [1.807, 2.05) is 30.7 Å². The fraction of sp³-hybridized carbons (Fsp3) is 0.421. The smallest absolute Gasteiger partial charge is 0.219 e. The summed E-state index contributed by atoms with van der Waals surface area (Å²) in [6.45, 7) is 3.76. The molecule has 126 valence electrons. The van der Waals surface area contributed by atoms with Crippen molar-refractivity contribution in [2.24, 2.45) is 0 Å². The van der Waals surface area contributed by atoms with E-state index in [0.717, 1.165) is 60.7 Å². The number of unbranched alkanes of at least 4 members (excludes halogenated alkanes) is 2. The van der Waals surface area contributed by atoms with Gasteiger partial charge >= 0.3 is 0 Å². The van der Waals surface area contributed by atoms with Gasteiger partial charge in [0.1, 0.15) is 5.52 Å². The molecule has 24 heavy (non-hydrogen) atoms. The van der Waals surface area contributed by atoms with Crippen molar-refractivity contribution in [1.29, 1.82) is 0 Å². The minimum absolute atomic E-state index is 0.169. The third kappa shape index (κ3) is 3.72. The molecule has 0 radical (unpaired) electrons. The van der Waals surface area contributed by atoms with Crippen LogP contribution in [0.25, 0.3) is 21.9 Å². The minimum Gasteiger partial charge on any atom is -0.356 e. The van der Waals surface area contributed by atoms with Gasteiger partial charge in [-0.3, -0.25) is 9.78 Å². The molecule has 0 spiro atoms. The van der Waals surface area contributed by atoms with Crippen LogP contribution in [0.2, 0.25) is 0 Å². The Morgan fingerprint density at radius 1 is 1.12 bits per heavy atom. The summed E-state index contributed by atoms with van der Waals surface area (Å²) in [4.78, 5) is 20.5. The van der Waals surface area contributed by atoms with Gasteiger partial charge in [0.2, 0.25) is 5.91 Å². The van der Waals surface area contributed by atoms with Crippen LogP contribution in [0.3, 0.4) is 0 Å². The van der Waals surface area contributed by atoms with Crippen LogP contribution in [0.1, 0.15) is 39.0 Å². The largest absolute Gasteiger partial charge is 0.356 e. The Kier molecular flexibility index (Phi) is 5.41. The number of rotatable bonds is 8. The van der Waals surface area contributed by atoms with E-state index < -0.39 is 0 Å². The molecule has 0 aliphatic carbocycles. The first-order valence-corrected chi connectivity index (χ1v) is 8.75. The summed E-state index contributed by atoms with van der Waals surface area (Å²) < 4.78 is 2.20. The lowest BCUT2D eigenvalue weighted by Gasteiger charge is -2.07. The quantitative estimate of drug-likeness (QED) is 0.643. The molecule has 0 saturated carbocycles. The number of fused-ring (bicyclic) bond motifs is 3. The monoisotopic (exact) mass is 324 g/mol. The fourth-order valence-corrected chi connectivity index (χ4v) is 2.97. The van der Waals surface area contributed by atoms with E-state index >= 15 is 0 Å². The van der Waals surface area contributed by atoms with E-state index in [-0.39, 0.29) is 5.91 Å². The molecule has 0 aliphatic heterocycles.